The summed E-state index contributed by atoms with van der Waals surface area (Å²) in [4.78, 5) is 10.4. The van der Waals surface area contributed by atoms with Crippen LogP contribution in [-0.4, -0.2) is 17.5 Å². The van der Waals surface area contributed by atoms with Gasteiger partial charge in [-0.3, -0.25) is 4.79 Å². The second-order valence-electron chi connectivity index (χ2n) is 2.11. The first-order valence-electron chi connectivity index (χ1n) is 3.62. The van der Waals surface area contributed by atoms with Crippen LogP contribution in [0, 0.1) is 0 Å². The van der Waals surface area contributed by atoms with Gasteiger partial charge < -0.3 is 5.11 Å². The van der Waals surface area contributed by atoms with Crippen LogP contribution in [0.5, 0.6) is 0 Å². The van der Waals surface area contributed by atoms with Gasteiger partial charge in [0.05, 0.1) is 6.61 Å². The summed E-state index contributed by atoms with van der Waals surface area (Å²) in [6.07, 6.45) is 4.74. The molecule has 0 saturated carbocycles. The maximum absolute atomic E-state index is 10.4. The molecule has 0 unspecified atom stereocenters. The molecule has 68 valence electrons. The van der Waals surface area contributed by atoms with Crippen LogP contribution in [0.4, 0.5) is 0 Å². The fourth-order valence-electron chi connectivity index (χ4n) is 0.294. The third kappa shape index (κ3) is 11.6. The Kier molecular flexibility index (Phi) is 11.0. The van der Waals surface area contributed by atoms with Gasteiger partial charge in [-0.2, -0.15) is 0 Å². The number of aliphatic hydroxyl groups excluding tert-OH is 1. The molecule has 0 aliphatic carbocycles. The van der Waals surface area contributed by atoms with Crippen LogP contribution < -0.4 is 0 Å². The van der Waals surface area contributed by atoms with Crippen LogP contribution in [0.15, 0.2) is 37.0 Å². The number of ketones is 1. The van der Waals surface area contributed by atoms with Gasteiger partial charge in [0.25, 0.3) is 0 Å². The first-order valence-corrected chi connectivity index (χ1v) is 3.62. The SMILES string of the molecule is C=C/C=C(\C)C(C)=O.C=CCO. The van der Waals surface area contributed by atoms with Gasteiger partial charge >= 0.3 is 0 Å². The van der Waals surface area contributed by atoms with E-state index in [1.165, 1.54) is 13.0 Å². The van der Waals surface area contributed by atoms with Crippen molar-refractivity contribution in [2.24, 2.45) is 0 Å². The fourth-order valence-corrected chi connectivity index (χ4v) is 0.294. The Labute approximate surface area is 73.9 Å². The van der Waals surface area contributed by atoms with Gasteiger partial charge in [-0.1, -0.05) is 24.8 Å². The average Bonchev–Trinajstić information content (AvgIpc) is 2.05. The van der Waals surface area contributed by atoms with E-state index in [1.54, 1.807) is 19.1 Å². The third-order valence-electron chi connectivity index (χ3n) is 1.05. The van der Waals surface area contributed by atoms with Gasteiger partial charge in [-0.25, -0.2) is 0 Å². The van der Waals surface area contributed by atoms with E-state index in [9.17, 15) is 4.79 Å². The molecular formula is C10H16O2. The Morgan fingerprint density at radius 2 is 1.83 bits per heavy atom. The molecule has 2 heteroatoms. The van der Waals surface area contributed by atoms with Crippen LogP contribution in [0.3, 0.4) is 0 Å². The van der Waals surface area contributed by atoms with Crippen molar-refractivity contribution in [2.75, 3.05) is 6.61 Å². The standard InChI is InChI=1S/C7H10O.C3H6O/c1-4-5-6(2)7(3)8;1-2-3-4/h4-5H,1H2,2-3H3;2,4H,1,3H2/b6-5+;. The molecule has 2 nitrogen and oxygen atoms in total. The highest BCUT2D eigenvalue weighted by molar-refractivity contribution is 5.92. The largest absolute Gasteiger partial charge is 0.392 e. The van der Waals surface area contributed by atoms with Crippen LogP contribution in [0.25, 0.3) is 0 Å². The van der Waals surface area contributed by atoms with E-state index in [-0.39, 0.29) is 12.4 Å². The minimum Gasteiger partial charge on any atom is -0.392 e. The van der Waals surface area contributed by atoms with Crippen LogP contribution in [-0.2, 0) is 4.79 Å². The molecule has 0 spiro atoms. The Bertz CT molecular complexity index is 178. The van der Waals surface area contributed by atoms with Crippen molar-refractivity contribution in [3.8, 4) is 0 Å². The molecule has 0 fully saturated rings. The predicted octanol–water partition coefficient (Wildman–Crippen LogP) is 1.87. The van der Waals surface area contributed by atoms with Crippen molar-refractivity contribution in [3.05, 3.63) is 37.0 Å². The molecule has 0 aromatic rings. The van der Waals surface area contributed by atoms with Gasteiger partial charge in [-0.15, -0.1) is 6.58 Å². The lowest BCUT2D eigenvalue weighted by molar-refractivity contribution is -0.113. The summed E-state index contributed by atoms with van der Waals surface area (Å²) in [6, 6.07) is 0. The summed E-state index contributed by atoms with van der Waals surface area (Å²) < 4.78 is 0. The molecular weight excluding hydrogens is 152 g/mol. The van der Waals surface area contributed by atoms with Crippen molar-refractivity contribution in [2.45, 2.75) is 13.8 Å². The lowest BCUT2D eigenvalue weighted by Gasteiger charge is -1.86. The first kappa shape index (κ1) is 13.4. The number of hydrogen-bond donors (Lipinski definition) is 1. The quantitative estimate of drug-likeness (QED) is 0.397. The van der Waals surface area contributed by atoms with E-state index in [2.05, 4.69) is 13.2 Å². The summed E-state index contributed by atoms with van der Waals surface area (Å²) >= 11 is 0. The molecule has 0 aromatic carbocycles. The highest BCUT2D eigenvalue weighted by atomic mass is 16.2. The zero-order valence-electron chi connectivity index (χ0n) is 7.71. The monoisotopic (exact) mass is 168 g/mol. The van der Waals surface area contributed by atoms with Crippen molar-refractivity contribution < 1.29 is 9.90 Å². The van der Waals surface area contributed by atoms with Crippen LogP contribution in [0.1, 0.15) is 13.8 Å². The van der Waals surface area contributed by atoms with Gasteiger partial charge in [0.15, 0.2) is 5.78 Å². The van der Waals surface area contributed by atoms with Crippen LogP contribution in [0.2, 0.25) is 0 Å². The number of allylic oxidation sites excluding steroid dienone is 3. The Morgan fingerprint density at radius 3 is 1.92 bits per heavy atom. The summed E-state index contributed by atoms with van der Waals surface area (Å²) in [5.41, 5.74) is 0.750. The molecule has 0 saturated heterocycles. The molecule has 0 rings (SSSR count). The van der Waals surface area contributed by atoms with Crippen LogP contribution >= 0.6 is 0 Å². The fraction of sp³-hybridized carbons (Fsp3) is 0.300. The minimum atomic E-state index is 0.0833. The minimum absolute atomic E-state index is 0.0833. The number of carbonyl (C=O) groups excluding carboxylic acids is 1. The number of hydrogen-bond acceptors (Lipinski definition) is 2. The molecule has 0 aliphatic rings. The first-order chi connectivity index (χ1) is 5.59. The average molecular weight is 168 g/mol. The smallest absolute Gasteiger partial charge is 0.155 e. The van der Waals surface area contributed by atoms with Crippen molar-refractivity contribution in [1.82, 2.24) is 0 Å². The topological polar surface area (TPSA) is 37.3 Å². The van der Waals surface area contributed by atoms with E-state index >= 15 is 0 Å². The van der Waals surface area contributed by atoms with E-state index in [4.69, 9.17) is 5.11 Å². The highest BCUT2D eigenvalue weighted by Crippen LogP contribution is 1.91. The van der Waals surface area contributed by atoms with E-state index in [0.717, 1.165) is 5.57 Å². The van der Waals surface area contributed by atoms with E-state index < -0.39 is 0 Å². The van der Waals surface area contributed by atoms with Crippen molar-refractivity contribution in [3.63, 3.8) is 0 Å². The molecule has 0 heterocycles. The Morgan fingerprint density at radius 1 is 1.42 bits per heavy atom. The summed E-state index contributed by atoms with van der Waals surface area (Å²) in [5, 5.41) is 7.76. The second kappa shape index (κ2) is 9.85. The third-order valence-corrected chi connectivity index (χ3v) is 1.05. The number of aliphatic hydroxyl groups is 1. The zero-order valence-corrected chi connectivity index (χ0v) is 7.71. The lowest BCUT2D eigenvalue weighted by Crippen LogP contribution is -1.88. The number of rotatable bonds is 3. The summed E-state index contributed by atoms with van der Waals surface area (Å²) in [5.74, 6) is 0.102. The number of carbonyl (C=O) groups is 1. The van der Waals surface area contributed by atoms with Gasteiger partial charge in [0, 0.05) is 0 Å². The maximum Gasteiger partial charge on any atom is 0.155 e. The van der Waals surface area contributed by atoms with Crippen molar-refractivity contribution >= 4 is 5.78 Å². The van der Waals surface area contributed by atoms with E-state index in [0.29, 0.717) is 0 Å². The van der Waals surface area contributed by atoms with Crippen molar-refractivity contribution in [1.29, 1.82) is 0 Å². The molecule has 12 heavy (non-hydrogen) atoms. The lowest BCUT2D eigenvalue weighted by atomic mass is 10.2. The van der Waals surface area contributed by atoms with Gasteiger partial charge in [-0.05, 0) is 19.4 Å². The second-order valence-corrected chi connectivity index (χ2v) is 2.11. The predicted molar refractivity (Wildman–Crippen MR) is 51.9 cm³/mol. The molecule has 0 amide bonds. The number of Topliss-reactive ketones (excluding diaryl/α,β-unsaturated/α-hetero) is 1. The molecule has 1 N–H and O–H groups in total. The highest BCUT2D eigenvalue weighted by Gasteiger charge is 1.90. The van der Waals surface area contributed by atoms with Gasteiger partial charge in [0.1, 0.15) is 0 Å². The summed E-state index contributed by atoms with van der Waals surface area (Å²) in [6.45, 7) is 10.1. The summed E-state index contributed by atoms with van der Waals surface area (Å²) in [7, 11) is 0. The Hall–Kier alpha value is -1.15. The van der Waals surface area contributed by atoms with Gasteiger partial charge in [0.2, 0.25) is 0 Å². The normalized spacial score (nSPS) is 9.42. The molecule has 0 radical (unpaired) electrons. The van der Waals surface area contributed by atoms with E-state index in [1.807, 2.05) is 0 Å². The maximum atomic E-state index is 10.4. The zero-order chi connectivity index (χ0) is 9.98. The molecule has 0 aliphatic heterocycles. The Balaban J connectivity index is 0. The molecule has 0 aromatic heterocycles. The molecule has 0 bridgehead atoms. The molecule has 0 atom stereocenters.